The first-order valence-corrected chi connectivity index (χ1v) is 8.28. The first kappa shape index (κ1) is 15.7. The molecule has 1 saturated heterocycles. The van der Waals surface area contributed by atoms with Crippen molar-refractivity contribution in [1.29, 1.82) is 0 Å². The highest BCUT2D eigenvalue weighted by molar-refractivity contribution is 5.82. The highest BCUT2D eigenvalue weighted by atomic mass is 16.4. The SMILES string of the molecule is OCC1(O)CCC(n2cnc3c(N[C@H]4CCNC4)ncnc32)C1O. The summed E-state index contributed by atoms with van der Waals surface area (Å²) in [6.45, 7) is 1.40. The van der Waals surface area contributed by atoms with Crippen LogP contribution in [-0.2, 0) is 0 Å². The molecule has 0 radical (unpaired) electrons. The lowest BCUT2D eigenvalue weighted by Crippen LogP contribution is -2.43. The number of aliphatic hydroxyl groups excluding tert-OH is 2. The van der Waals surface area contributed by atoms with Crippen molar-refractivity contribution in [2.75, 3.05) is 25.0 Å². The van der Waals surface area contributed by atoms with Gasteiger partial charge in [0.1, 0.15) is 23.5 Å². The number of hydrogen-bond donors (Lipinski definition) is 5. The summed E-state index contributed by atoms with van der Waals surface area (Å²) >= 11 is 0. The molecule has 0 amide bonds. The lowest BCUT2D eigenvalue weighted by Gasteiger charge is -2.27. The van der Waals surface area contributed by atoms with Crippen LogP contribution in [0, 0.1) is 0 Å². The zero-order valence-electron chi connectivity index (χ0n) is 13.3. The van der Waals surface area contributed by atoms with Crippen LogP contribution in [-0.4, -0.2) is 72.3 Å². The van der Waals surface area contributed by atoms with Crippen LogP contribution in [0.15, 0.2) is 12.7 Å². The Morgan fingerprint density at radius 2 is 2.21 bits per heavy atom. The van der Waals surface area contributed by atoms with Gasteiger partial charge in [-0.2, -0.15) is 0 Å². The maximum Gasteiger partial charge on any atom is 0.165 e. The third kappa shape index (κ3) is 2.44. The van der Waals surface area contributed by atoms with Gasteiger partial charge in [-0.15, -0.1) is 0 Å². The van der Waals surface area contributed by atoms with Crippen molar-refractivity contribution in [3.63, 3.8) is 0 Å². The molecule has 0 bridgehead atoms. The zero-order chi connectivity index (χ0) is 16.7. The van der Waals surface area contributed by atoms with E-state index in [0.29, 0.717) is 35.9 Å². The topological polar surface area (TPSA) is 128 Å². The van der Waals surface area contributed by atoms with Crippen molar-refractivity contribution < 1.29 is 15.3 Å². The number of nitrogens with one attached hydrogen (secondary N) is 2. The second-order valence-corrected chi connectivity index (χ2v) is 6.69. The number of aliphatic hydroxyl groups is 3. The first-order chi connectivity index (χ1) is 11.6. The maximum atomic E-state index is 10.4. The quantitative estimate of drug-likeness (QED) is 0.483. The van der Waals surface area contributed by atoms with Crippen LogP contribution in [0.2, 0.25) is 0 Å². The van der Waals surface area contributed by atoms with E-state index in [4.69, 9.17) is 0 Å². The Labute approximate surface area is 138 Å². The van der Waals surface area contributed by atoms with E-state index in [-0.39, 0.29) is 6.04 Å². The Morgan fingerprint density at radius 1 is 1.33 bits per heavy atom. The number of imidazole rings is 1. The molecule has 0 spiro atoms. The van der Waals surface area contributed by atoms with E-state index in [2.05, 4.69) is 25.6 Å². The molecule has 0 aromatic carbocycles. The van der Waals surface area contributed by atoms with E-state index in [1.54, 1.807) is 10.9 Å². The molecule has 2 aromatic heterocycles. The van der Waals surface area contributed by atoms with E-state index < -0.39 is 18.3 Å². The highest BCUT2D eigenvalue weighted by Crippen LogP contribution is 2.39. The van der Waals surface area contributed by atoms with E-state index in [1.165, 1.54) is 6.33 Å². The van der Waals surface area contributed by atoms with Gasteiger partial charge in [0, 0.05) is 12.6 Å². The van der Waals surface area contributed by atoms with E-state index in [9.17, 15) is 15.3 Å². The second kappa shape index (κ2) is 5.92. The maximum absolute atomic E-state index is 10.4. The van der Waals surface area contributed by atoms with Crippen molar-refractivity contribution in [2.24, 2.45) is 0 Å². The largest absolute Gasteiger partial charge is 0.393 e. The van der Waals surface area contributed by atoms with Crippen LogP contribution in [0.4, 0.5) is 5.82 Å². The lowest BCUT2D eigenvalue weighted by atomic mass is 10.0. The number of rotatable bonds is 4. The molecular weight excluding hydrogens is 312 g/mol. The van der Waals surface area contributed by atoms with Crippen molar-refractivity contribution in [2.45, 2.75) is 43.1 Å². The van der Waals surface area contributed by atoms with Crippen LogP contribution < -0.4 is 10.6 Å². The molecule has 4 atom stereocenters. The Balaban J connectivity index is 1.66. The predicted octanol–water partition coefficient (Wildman–Crippen LogP) is -0.981. The molecule has 3 heterocycles. The van der Waals surface area contributed by atoms with Gasteiger partial charge in [0.05, 0.1) is 19.0 Å². The molecule has 5 N–H and O–H groups in total. The Morgan fingerprint density at radius 3 is 2.92 bits per heavy atom. The minimum atomic E-state index is -1.47. The summed E-state index contributed by atoms with van der Waals surface area (Å²) in [5.74, 6) is 0.678. The van der Waals surface area contributed by atoms with E-state index >= 15 is 0 Å². The fourth-order valence-electron chi connectivity index (χ4n) is 3.70. The summed E-state index contributed by atoms with van der Waals surface area (Å²) < 4.78 is 1.77. The van der Waals surface area contributed by atoms with E-state index in [0.717, 1.165) is 19.5 Å². The van der Waals surface area contributed by atoms with Gasteiger partial charge in [0.2, 0.25) is 0 Å². The number of nitrogens with zero attached hydrogens (tertiary/aromatic N) is 4. The summed E-state index contributed by atoms with van der Waals surface area (Å²) in [6.07, 6.45) is 3.93. The van der Waals surface area contributed by atoms with Crippen LogP contribution >= 0.6 is 0 Å². The third-order valence-corrected chi connectivity index (χ3v) is 5.18. The van der Waals surface area contributed by atoms with Crippen molar-refractivity contribution >= 4 is 17.0 Å². The average Bonchev–Trinajstić information content (AvgIpc) is 3.30. The molecule has 3 unspecified atom stereocenters. The lowest BCUT2D eigenvalue weighted by molar-refractivity contribution is -0.0943. The second-order valence-electron chi connectivity index (χ2n) is 6.69. The number of aromatic nitrogens is 4. The monoisotopic (exact) mass is 334 g/mol. The molecule has 2 aromatic rings. The average molecular weight is 334 g/mol. The molecule has 130 valence electrons. The fraction of sp³-hybridized carbons (Fsp3) is 0.667. The summed E-state index contributed by atoms with van der Waals surface area (Å²) in [5.41, 5.74) is -0.203. The standard InChI is InChI=1S/C15H22N6O3/c22-6-15(24)3-1-10(12(15)23)21-8-19-11-13(17-7-18-14(11)21)20-9-2-4-16-5-9/h7-10,12,16,22-24H,1-6H2,(H,17,18,20)/t9-,10?,12?,15?/m0/s1. The molecule has 24 heavy (non-hydrogen) atoms. The highest BCUT2D eigenvalue weighted by Gasteiger charge is 2.47. The van der Waals surface area contributed by atoms with Crippen LogP contribution in [0.3, 0.4) is 0 Å². The van der Waals surface area contributed by atoms with Crippen molar-refractivity contribution in [1.82, 2.24) is 24.8 Å². The van der Waals surface area contributed by atoms with Crippen LogP contribution in [0.5, 0.6) is 0 Å². The minimum Gasteiger partial charge on any atom is -0.393 e. The molecule has 9 heteroatoms. The number of fused-ring (bicyclic) bond motifs is 1. The predicted molar refractivity (Wildman–Crippen MR) is 86.5 cm³/mol. The minimum absolute atomic E-state index is 0.310. The van der Waals surface area contributed by atoms with Gasteiger partial charge < -0.3 is 30.5 Å². The molecule has 1 aliphatic carbocycles. The molecule has 2 aliphatic rings. The number of hydrogen-bond acceptors (Lipinski definition) is 8. The van der Waals surface area contributed by atoms with Crippen LogP contribution in [0.25, 0.3) is 11.2 Å². The summed E-state index contributed by atoms with van der Waals surface area (Å²) in [6, 6.07) is -0.0622. The molecule has 1 aliphatic heterocycles. The summed E-state index contributed by atoms with van der Waals surface area (Å²) in [4.78, 5) is 13.0. The normalized spacial score (nSPS) is 33.4. The molecule has 9 nitrogen and oxygen atoms in total. The molecule has 4 rings (SSSR count). The smallest absolute Gasteiger partial charge is 0.165 e. The fourth-order valence-corrected chi connectivity index (χ4v) is 3.70. The van der Waals surface area contributed by atoms with Gasteiger partial charge in [0.25, 0.3) is 0 Å². The van der Waals surface area contributed by atoms with Gasteiger partial charge in [-0.1, -0.05) is 0 Å². The summed E-state index contributed by atoms with van der Waals surface area (Å²) in [5, 5.41) is 36.7. The number of anilines is 1. The zero-order valence-corrected chi connectivity index (χ0v) is 13.3. The summed E-state index contributed by atoms with van der Waals surface area (Å²) in [7, 11) is 0. The van der Waals surface area contributed by atoms with Gasteiger partial charge in [-0.25, -0.2) is 15.0 Å². The molecule has 1 saturated carbocycles. The molecular formula is C15H22N6O3. The van der Waals surface area contributed by atoms with Crippen molar-refractivity contribution in [3.8, 4) is 0 Å². The van der Waals surface area contributed by atoms with Gasteiger partial charge in [-0.05, 0) is 25.8 Å². The van der Waals surface area contributed by atoms with Crippen molar-refractivity contribution in [3.05, 3.63) is 12.7 Å². The Bertz CT molecular complexity index is 731. The molecule has 2 fully saturated rings. The van der Waals surface area contributed by atoms with Crippen LogP contribution in [0.1, 0.15) is 25.3 Å². The first-order valence-electron chi connectivity index (χ1n) is 8.28. The van der Waals surface area contributed by atoms with Gasteiger partial charge >= 0.3 is 0 Å². The Hall–Kier alpha value is -1.81. The van der Waals surface area contributed by atoms with Gasteiger partial charge in [0.15, 0.2) is 11.5 Å². The Kier molecular flexibility index (Phi) is 3.87. The van der Waals surface area contributed by atoms with Gasteiger partial charge in [-0.3, -0.25) is 0 Å². The third-order valence-electron chi connectivity index (χ3n) is 5.18. The van der Waals surface area contributed by atoms with E-state index in [1.807, 2.05) is 0 Å².